The van der Waals surface area contributed by atoms with E-state index < -0.39 is 11.8 Å². The van der Waals surface area contributed by atoms with Gasteiger partial charge >= 0.3 is 0 Å². The van der Waals surface area contributed by atoms with Crippen molar-refractivity contribution in [3.05, 3.63) is 17.7 Å². The van der Waals surface area contributed by atoms with Gasteiger partial charge in [-0.15, -0.1) is 0 Å². The smallest absolute Gasteiger partial charge is 0.231 e. The van der Waals surface area contributed by atoms with Crippen LogP contribution in [-0.2, 0) is 16.1 Å². The summed E-state index contributed by atoms with van der Waals surface area (Å²) in [6.45, 7) is 1.02. The maximum Gasteiger partial charge on any atom is 0.231 e. The second kappa shape index (κ2) is 6.31. The highest BCUT2D eigenvalue weighted by Gasteiger charge is 2.18. The molecule has 2 rings (SSSR count). The number of carbonyl (C=O) groups is 2. The second-order valence-electron chi connectivity index (χ2n) is 4.77. The molecule has 0 bridgehead atoms. The van der Waals surface area contributed by atoms with E-state index in [1.807, 2.05) is 0 Å². The zero-order valence-electron chi connectivity index (χ0n) is 11.5. The van der Waals surface area contributed by atoms with Gasteiger partial charge < -0.3 is 26.7 Å². The molecule has 1 aromatic carbocycles. The monoisotopic (exact) mass is 294 g/mol. The Hall–Kier alpha value is -2.48. The largest absolute Gasteiger partial charge is 0.486 e. The number of nitrogens with two attached hydrogens (primary N) is 3. The minimum absolute atomic E-state index is 0.0865. The molecule has 0 fully saturated rings. The van der Waals surface area contributed by atoms with E-state index in [-0.39, 0.29) is 19.6 Å². The molecule has 0 saturated carbocycles. The van der Waals surface area contributed by atoms with Gasteiger partial charge in [-0.3, -0.25) is 14.5 Å². The number of ether oxygens (including phenoxy) is 2. The van der Waals surface area contributed by atoms with Crippen LogP contribution in [0, 0.1) is 0 Å². The summed E-state index contributed by atoms with van der Waals surface area (Å²) in [6, 6.07) is 3.40. The quantitative estimate of drug-likeness (QED) is 0.565. The molecule has 0 spiro atoms. The second-order valence-corrected chi connectivity index (χ2v) is 4.77. The molecule has 8 heteroatoms. The van der Waals surface area contributed by atoms with Gasteiger partial charge in [0.15, 0.2) is 11.5 Å². The predicted molar refractivity (Wildman–Crippen MR) is 75.5 cm³/mol. The molecule has 2 amide bonds. The molecule has 1 aliphatic heterocycles. The first-order valence-electron chi connectivity index (χ1n) is 6.42. The molecule has 21 heavy (non-hydrogen) atoms. The van der Waals surface area contributed by atoms with Crippen LogP contribution in [0.1, 0.15) is 5.56 Å². The van der Waals surface area contributed by atoms with Gasteiger partial charge in [-0.1, -0.05) is 0 Å². The number of hydrogen-bond acceptors (Lipinski definition) is 6. The lowest BCUT2D eigenvalue weighted by molar-refractivity contribution is -0.122. The summed E-state index contributed by atoms with van der Waals surface area (Å²) >= 11 is 0. The van der Waals surface area contributed by atoms with Crippen molar-refractivity contribution in [1.82, 2.24) is 4.90 Å². The van der Waals surface area contributed by atoms with Gasteiger partial charge in [0.25, 0.3) is 0 Å². The summed E-state index contributed by atoms with van der Waals surface area (Å²) in [5.74, 6) is 0.0714. The Kier molecular flexibility index (Phi) is 4.49. The molecule has 1 heterocycles. The van der Waals surface area contributed by atoms with E-state index in [1.54, 1.807) is 12.1 Å². The van der Waals surface area contributed by atoms with Gasteiger partial charge in [0, 0.05) is 18.3 Å². The lowest BCUT2D eigenvalue weighted by atomic mass is 10.1. The SMILES string of the molecule is NC(=O)CN(CC(N)=O)Cc1cc2c(cc1N)OCCO2. The summed E-state index contributed by atoms with van der Waals surface area (Å²) in [5, 5.41) is 0. The summed E-state index contributed by atoms with van der Waals surface area (Å²) < 4.78 is 10.9. The van der Waals surface area contributed by atoms with Crippen LogP contribution in [0.15, 0.2) is 12.1 Å². The molecule has 0 atom stereocenters. The number of hydrogen-bond donors (Lipinski definition) is 3. The van der Waals surface area contributed by atoms with Crippen LogP contribution >= 0.6 is 0 Å². The van der Waals surface area contributed by atoms with Gasteiger partial charge in [-0.05, 0) is 11.6 Å². The summed E-state index contributed by atoms with van der Waals surface area (Å²) in [6.07, 6.45) is 0. The van der Waals surface area contributed by atoms with Crippen LogP contribution in [0.5, 0.6) is 11.5 Å². The van der Waals surface area contributed by atoms with E-state index in [0.29, 0.717) is 36.0 Å². The predicted octanol–water partition coefficient (Wildman–Crippen LogP) is -1.19. The molecule has 0 saturated heterocycles. The van der Waals surface area contributed by atoms with E-state index in [0.717, 1.165) is 0 Å². The van der Waals surface area contributed by atoms with E-state index in [4.69, 9.17) is 26.7 Å². The van der Waals surface area contributed by atoms with Gasteiger partial charge in [0.2, 0.25) is 11.8 Å². The number of nitrogen functional groups attached to an aromatic ring is 1. The number of anilines is 1. The topological polar surface area (TPSA) is 134 Å². The normalized spacial score (nSPS) is 13.2. The minimum atomic E-state index is -0.549. The van der Waals surface area contributed by atoms with Crippen molar-refractivity contribution in [2.45, 2.75) is 6.54 Å². The van der Waals surface area contributed by atoms with Crippen molar-refractivity contribution in [3.8, 4) is 11.5 Å². The number of amides is 2. The Morgan fingerprint density at radius 2 is 1.57 bits per heavy atom. The highest BCUT2D eigenvalue weighted by molar-refractivity contribution is 5.79. The molecule has 1 aliphatic rings. The Balaban J connectivity index is 2.19. The highest BCUT2D eigenvalue weighted by Crippen LogP contribution is 2.34. The third-order valence-corrected chi connectivity index (χ3v) is 2.96. The Morgan fingerprint density at radius 1 is 1.05 bits per heavy atom. The number of fused-ring (bicyclic) bond motifs is 1. The molecule has 0 aliphatic carbocycles. The third kappa shape index (κ3) is 3.99. The summed E-state index contributed by atoms with van der Waals surface area (Å²) in [4.78, 5) is 23.6. The highest BCUT2D eigenvalue weighted by atomic mass is 16.6. The van der Waals surface area contributed by atoms with E-state index in [1.165, 1.54) is 4.90 Å². The Morgan fingerprint density at radius 3 is 2.10 bits per heavy atom. The summed E-state index contributed by atoms with van der Waals surface area (Å²) in [7, 11) is 0. The minimum Gasteiger partial charge on any atom is -0.486 e. The number of carbonyl (C=O) groups excluding carboxylic acids is 2. The standard InChI is InChI=1S/C13H18N4O4/c14-9-4-11-10(20-1-2-21-11)3-8(9)5-17(6-12(15)18)7-13(16)19/h3-4H,1-2,5-7,14H2,(H2,15,18)(H2,16,19). The molecule has 114 valence electrons. The average Bonchev–Trinajstić information content (AvgIpc) is 2.38. The van der Waals surface area contributed by atoms with Crippen molar-refractivity contribution in [2.24, 2.45) is 11.5 Å². The lowest BCUT2D eigenvalue weighted by Gasteiger charge is -2.23. The molecule has 0 aromatic heterocycles. The van der Waals surface area contributed by atoms with Crippen molar-refractivity contribution in [2.75, 3.05) is 32.0 Å². The number of rotatable bonds is 6. The molecule has 6 N–H and O–H groups in total. The first-order valence-corrected chi connectivity index (χ1v) is 6.42. The van der Waals surface area contributed by atoms with Crippen LogP contribution in [0.3, 0.4) is 0 Å². The van der Waals surface area contributed by atoms with E-state index in [9.17, 15) is 9.59 Å². The molecular formula is C13H18N4O4. The molecular weight excluding hydrogens is 276 g/mol. The molecule has 0 radical (unpaired) electrons. The van der Waals surface area contributed by atoms with Crippen LogP contribution in [0.4, 0.5) is 5.69 Å². The zero-order chi connectivity index (χ0) is 15.4. The number of primary amides is 2. The number of nitrogens with zero attached hydrogens (tertiary/aromatic N) is 1. The third-order valence-electron chi connectivity index (χ3n) is 2.96. The van der Waals surface area contributed by atoms with Crippen LogP contribution < -0.4 is 26.7 Å². The van der Waals surface area contributed by atoms with Crippen molar-refractivity contribution in [1.29, 1.82) is 0 Å². The van der Waals surface area contributed by atoms with Gasteiger partial charge in [0.05, 0.1) is 13.1 Å². The van der Waals surface area contributed by atoms with Crippen LogP contribution in [0.25, 0.3) is 0 Å². The van der Waals surface area contributed by atoms with Crippen LogP contribution in [0.2, 0.25) is 0 Å². The first kappa shape index (κ1) is 14.9. The van der Waals surface area contributed by atoms with Crippen LogP contribution in [-0.4, -0.2) is 43.0 Å². The average molecular weight is 294 g/mol. The van der Waals surface area contributed by atoms with Gasteiger partial charge in [-0.2, -0.15) is 0 Å². The maximum absolute atomic E-state index is 11.1. The fourth-order valence-electron chi connectivity index (χ4n) is 2.13. The van der Waals surface area contributed by atoms with Crippen molar-refractivity contribution < 1.29 is 19.1 Å². The molecule has 1 aromatic rings. The summed E-state index contributed by atoms with van der Waals surface area (Å²) in [5.41, 5.74) is 17.5. The molecule has 0 unspecified atom stereocenters. The lowest BCUT2D eigenvalue weighted by Crippen LogP contribution is -2.39. The Bertz CT molecular complexity index is 545. The van der Waals surface area contributed by atoms with Crippen molar-refractivity contribution >= 4 is 17.5 Å². The van der Waals surface area contributed by atoms with E-state index >= 15 is 0 Å². The molecule has 8 nitrogen and oxygen atoms in total. The zero-order valence-corrected chi connectivity index (χ0v) is 11.5. The van der Waals surface area contributed by atoms with Gasteiger partial charge in [-0.25, -0.2) is 0 Å². The van der Waals surface area contributed by atoms with Crippen molar-refractivity contribution in [3.63, 3.8) is 0 Å². The fourth-order valence-corrected chi connectivity index (χ4v) is 2.13. The fraction of sp³-hybridized carbons (Fsp3) is 0.385. The van der Waals surface area contributed by atoms with Gasteiger partial charge in [0.1, 0.15) is 13.2 Å². The number of benzene rings is 1. The maximum atomic E-state index is 11.1. The van der Waals surface area contributed by atoms with E-state index in [2.05, 4.69) is 0 Å². The Labute approximate surface area is 121 Å². The first-order chi connectivity index (χ1) is 9.95.